The van der Waals surface area contributed by atoms with E-state index in [1.165, 1.54) is 19.1 Å². The van der Waals surface area contributed by atoms with Crippen LogP contribution in [0.1, 0.15) is 50.2 Å². The van der Waals surface area contributed by atoms with E-state index < -0.39 is 41.9 Å². The molecule has 0 bridgehead atoms. The summed E-state index contributed by atoms with van der Waals surface area (Å²) in [5.74, 6) is -1.39. The van der Waals surface area contributed by atoms with Gasteiger partial charge in [0.15, 0.2) is 0 Å². The third kappa shape index (κ3) is 7.93. The highest BCUT2D eigenvalue weighted by molar-refractivity contribution is 6.13. The van der Waals surface area contributed by atoms with Crippen molar-refractivity contribution in [3.63, 3.8) is 0 Å². The van der Waals surface area contributed by atoms with Crippen LogP contribution < -0.4 is 30.5 Å². The first-order valence-corrected chi connectivity index (χ1v) is 20.2. The van der Waals surface area contributed by atoms with Crippen LogP contribution in [0.5, 0.6) is 5.75 Å². The van der Waals surface area contributed by atoms with Crippen molar-refractivity contribution in [2.24, 2.45) is 0 Å². The molecule has 1 heterocycles. The van der Waals surface area contributed by atoms with Crippen LogP contribution in [0.4, 0.5) is 21.9 Å². The summed E-state index contributed by atoms with van der Waals surface area (Å²) in [6, 6.07) is 36.6. The summed E-state index contributed by atoms with van der Waals surface area (Å²) >= 11 is 0. The summed E-state index contributed by atoms with van der Waals surface area (Å²) < 4.78 is 16.5. The van der Waals surface area contributed by atoms with E-state index in [1.54, 1.807) is 91.7 Å². The Hall–Kier alpha value is -7.51. The van der Waals surface area contributed by atoms with Crippen LogP contribution in [-0.4, -0.2) is 76.3 Å². The minimum absolute atomic E-state index is 0.000147. The van der Waals surface area contributed by atoms with Gasteiger partial charge in [0.1, 0.15) is 18.4 Å². The van der Waals surface area contributed by atoms with E-state index >= 15 is 0 Å². The molecule has 6 aromatic carbocycles. The van der Waals surface area contributed by atoms with Gasteiger partial charge in [0.2, 0.25) is 5.91 Å². The number of carbonyl (C=O) groups excluding carboxylic acids is 5. The molecule has 314 valence electrons. The van der Waals surface area contributed by atoms with Crippen LogP contribution in [0.3, 0.4) is 0 Å². The van der Waals surface area contributed by atoms with Gasteiger partial charge in [-0.1, -0.05) is 72.8 Å². The number of likely N-dealkylation sites (N-methyl/N-ethyl adjacent to an activating group) is 1. The zero-order valence-corrected chi connectivity index (χ0v) is 34.6. The van der Waals surface area contributed by atoms with Crippen LogP contribution >= 0.6 is 0 Å². The SMILES string of the molecule is CN[C@@H](C)C(=O)N[C@H]1CN(C(=O)c2ccc(NC(=O)OCC3c4ccccc4-c4ccccc43)cc2)c2ccccc2N(Cc2c(OC)ccc3cc(C(=O)OC)ccc23)C1=O. The van der Waals surface area contributed by atoms with Crippen molar-refractivity contribution >= 4 is 57.6 Å². The van der Waals surface area contributed by atoms with Crippen molar-refractivity contribution in [3.05, 3.63) is 155 Å². The zero-order valence-electron chi connectivity index (χ0n) is 34.6. The maximum Gasteiger partial charge on any atom is 0.411 e. The summed E-state index contributed by atoms with van der Waals surface area (Å²) in [7, 11) is 4.49. The van der Waals surface area contributed by atoms with Gasteiger partial charge in [-0.2, -0.15) is 0 Å². The molecule has 4 amide bonds. The van der Waals surface area contributed by atoms with E-state index in [2.05, 4.69) is 40.2 Å². The lowest BCUT2D eigenvalue weighted by Gasteiger charge is -2.27. The maximum atomic E-state index is 14.8. The first-order valence-electron chi connectivity index (χ1n) is 20.2. The molecule has 0 spiro atoms. The van der Waals surface area contributed by atoms with Gasteiger partial charge in [0, 0.05) is 22.7 Å². The van der Waals surface area contributed by atoms with E-state index in [-0.39, 0.29) is 31.2 Å². The molecule has 2 aliphatic rings. The molecule has 0 aromatic heterocycles. The Morgan fingerprint density at radius 1 is 0.774 bits per heavy atom. The average Bonchev–Trinajstić information content (AvgIpc) is 3.57. The van der Waals surface area contributed by atoms with E-state index in [0.29, 0.717) is 33.9 Å². The lowest BCUT2D eigenvalue weighted by molar-refractivity contribution is -0.128. The molecule has 0 saturated carbocycles. The van der Waals surface area contributed by atoms with Crippen LogP contribution in [0.15, 0.2) is 127 Å². The minimum Gasteiger partial charge on any atom is -0.496 e. The number of hydrogen-bond acceptors (Lipinski definition) is 9. The number of methoxy groups -OCH3 is 2. The molecule has 13 nitrogen and oxygen atoms in total. The molecule has 1 aliphatic heterocycles. The number of para-hydroxylation sites is 2. The summed E-state index contributed by atoms with van der Waals surface area (Å²) in [4.78, 5) is 71.2. The Morgan fingerprint density at radius 3 is 2.08 bits per heavy atom. The average molecular weight is 832 g/mol. The summed E-state index contributed by atoms with van der Waals surface area (Å²) in [5.41, 5.74) is 7.06. The van der Waals surface area contributed by atoms with Gasteiger partial charge >= 0.3 is 12.1 Å². The lowest BCUT2D eigenvalue weighted by atomic mass is 9.98. The highest BCUT2D eigenvalue weighted by atomic mass is 16.5. The van der Waals surface area contributed by atoms with E-state index in [9.17, 15) is 24.0 Å². The first-order chi connectivity index (χ1) is 30.1. The van der Waals surface area contributed by atoms with E-state index in [1.807, 2.05) is 30.3 Å². The summed E-state index contributed by atoms with van der Waals surface area (Å²) in [5, 5.41) is 10.0. The second-order valence-electron chi connectivity index (χ2n) is 15.1. The third-order valence-electron chi connectivity index (χ3n) is 11.5. The number of nitrogens with one attached hydrogen (secondary N) is 3. The highest BCUT2D eigenvalue weighted by Crippen LogP contribution is 2.44. The van der Waals surface area contributed by atoms with Crippen LogP contribution in [0.2, 0.25) is 0 Å². The molecule has 0 fully saturated rings. The fraction of sp³-hybridized carbons (Fsp3) is 0.204. The fourth-order valence-corrected chi connectivity index (χ4v) is 8.21. The normalized spacial score (nSPS) is 14.8. The third-order valence-corrected chi connectivity index (χ3v) is 11.5. The number of benzene rings is 6. The van der Waals surface area contributed by atoms with E-state index in [0.717, 1.165) is 33.0 Å². The molecule has 0 unspecified atom stereocenters. The Bertz CT molecular complexity index is 2670. The predicted octanol–water partition coefficient (Wildman–Crippen LogP) is 7.28. The molecule has 1 aliphatic carbocycles. The number of ether oxygens (including phenoxy) is 3. The second kappa shape index (κ2) is 17.6. The Labute approximate surface area is 358 Å². The van der Waals surface area contributed by atoms with Gasteiger partial charge in [0.25, 0.3) is 11.8 Å². The monoisotopic (exact) mass is 831 g/mol. The number of esters is 1. The lowest BCUT2D eigenvalue weighted by Crippen LogP contribution is -2.55. The Balaban J connectivity index is 1.06. The number of carbonyl (C=O) groups is 5. The molecule has 2 atom stereocenters. The predicted molar refractivity (Wildman–Crippen MR) is 237 cm³/mol. The quantitative estimate of drug-likeness (QED) is 0.114. The highest BCUT2D eigenvalue weighted by Gasteiger charge is 2.38. The van der Waals surface area contributed by atoms with Crippen molar-refractivity contribution in [2.75, 3.05) is 49.5 Å². The first kappa shape index (κ1) is 41.2. The topological polar surface area (TPSA) is 156 Å². The summed E-state index contributed by atoms with van der Waals surface area (Å²) in [6.07, 6.45) is -0.632. The molecule has 62 heavy (non-hydrogen) atoms. The molecular weight excluding hydrogens is 787 g/mol. The number of anilines is 3. The van der Waals surface area contributed by atoms with Gasteiger partial charge in [-0.25, -0.2) is 9.59 Å². The summed E-state index contributed by atoms with van der Waals surface area (Å²) in [6.45, 7) is 1.64. The van der Waals surface area contributed by atoms with Gasteiger partial charge in [-0.15, -0.1) is 0 Å². The largest absolute Gasteiger partial charge is 0.496 e. The smallest absolute Gasteiger partial charge is 0.411 e. The molecule has 6 aromatic rings. The fourth-order valence-electron chi connectivity index (χ4n) is 8.21. The van der Waals surface area contributed by atoms with Crippen LogP contribution in [0.25, 0.3) is 21.9 Å². The van der Waals surface area contributed by atoms with Gasteiger partial charge in [-0.3, -0.25) is 19.7 Å². The van der Waals surface area contributed by atoms with Gasteiger partial charge in [0.05, 0.1) is 50.3 Å². The van der Waals surface area contributed by atoms with Crippen molar-refractivity contribution in [2.45, 2.75) is 31.5 Å². The standard InChI is InChI=1S/C49H45N5O8/c1-29(50-2)45(55)52-41-27-54(43-16-10-9-15-42(43)53(47(41)57)26-39-34-23-19-32(48(58)61-4)25-31(34)20-24-44(39)60-3)46(56)30-17-21-33(22-18-30)51-49(59)62-28-40-37-13-7-5-11-35(37)36-12-6-8-14-38(36)40/h5-25,29,40-41,50H,26-28H2,1-4H3,(H,51,59)(H,52,55)/t29-,41-/m0/s1. The van der Waals surface area contributed by atoms with Crippen LogP contribution in [-0.2, 0) is 25.6 Å². The van der Waals surface area contributed by atoms with E-state index in [4.69, 9.17) is 14.2 Å². The minimum atomic E-state index is -1.16. The number of fused-ring (bicyclic) bond motifs is 5. The zero-order chi connectivity index (χ0) is 43.5. The molecule has 0 saturated heterocycles. The van der Waals surface area contributed by atoms with Crippen LogP contribution in [0, 0.1) is 0 Å². The number of nitrogens with zero attached hydrogens (tertiary/aromatic N) is 2. The second-order valence-corrected chi connectivity index (χ2v) is 15.1. The van der Waals surface area contributed by atoms with Gasteiger partial charge < -0.3 is 34.6 Å². The number of amides is 4. The number of hydrogen-bond donors (Lipinski definition) is 3. The molecule has 0 radical (unpaired) electrons. The van der Waals surface area contributed by atoms with Crippen molar-refractivity contribution in [1.29, 1.82) is 0 Å². The van der Waals surface area contributed by atoms with Gasteiger partial charge in [-0.05, 0) is 102 Å². The number of rotatable bonds is 11. The van der Waals surface area contributed by atoms with Crippen molar-refractivity contribution < 1.29 is 38.2 Å². The molecule has 13 heteroatoms. The Morgan fingerprint density at radius 2 is 1.42 bits per heavy atom. The van der Waals surface area contributed by atoms with Crippen molar-refractivity contribution in [1.82, 2.24) is 10.6 Å². The maximum absolute atomic E-state index is 14.8. The Kier molecular flexibility index (Phi) is 11.7. The molecule has 8 rings (SSSR count). The molecular formula is C49H45N5O8. The molecule has 3 N–H and O–H groups in total. The van der Waals surface area contributed by atoms with Crippen molar-refractivity contribution in [3.8, 4) is 16.9 Å².